The summed E-state index contributed by atoms with van der Waals surface area (Å²) in [6.45, 7) is 0.634. The van der Waals surface area contributed by atoms with Crippen LogP contribution < -0.4 is 5.32 Å². The average molecular weight is 379 g/mol. The molecule has 1 aliphatic rings. The zero-order valence-corrected chi connectivity index (χ0v) is 14.2. The van der Waals surface area contributed by atoms with Gasteiger partial charge in [-0.3, -0.25) is 9.59 Å². The van der Waals surface area contributed by atoms with Crippen molar-refractivity contribution in [2.24, 2.45) is 0 Å². The first-order valence-electron chi connectivity index (χ1n) is 7.06. The Morgan fingerprint density at radius 3 is 2.68 bits per heavy atom. The van der Waals surface area contributed by atoms with Gasteiger partial charge in [0.25, 0.3) is 5.91 Å². The molecule has 0 radical (unpaired) electrons. The summed E-state index contributed by atoms with van der Waals surface area (Å²) < 4.78 is 0.959. The number of nitrogens with one attached hydrogen (secondary N) is 1. The summed E-state index contributed by atoms with van der Waals surface area (Å²) in [5.74, 6) is -0.173. The second-order valence-electron chi connectivity index (χ2n) is 5.13. The number of thiophene rings is 1. The molecule has 0 bridgehead atoms. The van der Waals surface area contributed by atoms with Crippen molar-refractivity contribution in [3.05, 3.63) is 51.1 Å². The summed E-state index contributed by atoms with van der Waals surface area (Å²) in [5.41, 5.74) is 0.739. The van der Waals surface area contributed by atoms with Gasteiger partial charge < -0.3 is 10.2 Å². The quantitative estimate of drug-likeness (QED) is 0.883. The van der Waals surface area contributed by atoms with Crippen LogP contribution >= 0.6 is 27.3 Å². The molecular formula is C16H15BrN2O2S. The molecule has 2 aromatic rings. The maximum absolute atomic E-state index is 12.5. The van der Waals surface area contributed by atoms with Crippen molar-refractivity contribution in [1.82, 2.24) is 4.90 Å². The third kappa shape index (κ3) is 3.23. The van der Waals surface area contributed by atoms with Gasteiger partial charge in [0.2, 0.25) is 5.91 Å². The van der Waals surface area contributed by atoms with Crippen LogP contribution in [0.25, 0.3) is 0 Å². The third-order valence-corrected chi connectivity index (χ3v) is 5.05. The van der Waals surface area contributed by atoms with Crippen LogP contribution in [0, 0.1) is 0 Å². The van der Waals surface area contributed by atoms with E-state index in [9.17, 15) is 9.59 Å². The number of nitrogens with zero attached hydrogens (tertiary/aromatic N) is 1. The van der Waals surface area contributed by atoms with Crippen molar-refractivity contribution in [2.75, 3.05) is 11.9 Å². The van der Waals surface area contributed by atoms with Crippen LogP contribution in [-0.2, 0) is 4.79 Å². The van der Waals surface area contributed by atoms with Crippen molar-refractivity contribution in [3.8, 4) is 0 Å². The van der Waals surface area contributed by atoms with Gasteiger partial charge in [0, 0.05) is 16.7 Å². The molecule has 0 saturated carbocycles. The van der Waals surface area contributed by atoms with Crippen molar-refractivity contribution < 1.29 is 9.59 Å². The predicted molar refractivity (Wildman–Crippen MR) is 91.1 cm³/mol. The van der Waals surface area contributed by atoms with Gasteiger partial charge in [-0.2, -0.15) is 0 Å². The summed E-state index contributed by atoms with van der Waals surface area (Å²) in [4.78, 5) is 27.3. The van der Waals surface area contributed by atoms with Gasteiger partial charge in [0.15, 0.2) is 0 Å². The number of anilines is 1. The van der Waals surface area contributed by atoms with Crippen LogP contribution in [0.4, 0.5) is 5.69 Å². The van der Waals surface area contributed by atoms with E-state index in [-0.39, 0.29) is 11.8 Å². The minimum absolute atomic E-state index is 0.0524. The number of amides is 2. The molecule has 1 aromatic heterocycles. The monoisotopic (exact) mass is 378 g/mol. The van der Waals surface area contributed by atoms with E-state index in [1.807, 2.05) is 35.7 Å². The molecule has 0 unspecified atom stereocenters. The first kappa shape index (κ1) is 15.2. The molecule has 1 N–H and O–H groups in total. The Morgan fingerprint density at radius 2 is 2.00 bits per heavy atom. The number of halogens is 1. The summed E-state index contributed by atoms with van der Waals surface area (Å²) in [6.07, 6.45) is 1.56. The fraction of sp³-hybridized carbons (Fsp3) is 0.250. The molecule has 1 saturated heterocycles. The fourth-order valence-electron chi connectivity index (χ4n) is 2.58. The Balaban J connectivity index is 1.71. The van der Waals surface area contributed by atoms with E-state index in [1.54, 1.807) is 11.0 Å². The van der Waals surface area contributed by atoms with Gasteiger partial charge in [0.1, 0.15) is 6.04 Å². The maximum atomic E-state index is 12.5. The minimum atomic E-state index is -0.391. The normalized spacial score (nSPS) is 17.5. The molecule has 0 spiro atoms. The van der Waals surface area contributed by atoms with Gasteiger partial charge in [-0.05, 0) is 48.6 Å². The molecule has 1 aliphatic heterocycles. The SMILES string of the molecule is O=C(Nc1ccc(Br)cc1)[C@H]1CCCN1C(=O)c1cccs1. The maximum Gasteiger partial charge on any atom is 0.264 e. The average Bonchev–Trinajstić information content (AvgIpc) is 3.20. The molecule has 1 aromatic carbocycles. The first-order valence-corrected chi connectivity index (χ1v) is 8.73. The zero-order chi connectivity index (χ0) is 15.5. The molecule has 22 heavy (non-hydrogen) atoms. The molecule has 4 nitrogen and oxygen atoms in total. The largest absolute Gasteiger partial charge is 0.326 e. The lowest BCUT2D eigenvalue weighted by Crippen LogP contribution is -2.42. The number of carbonyl (C=O) groups excluding carboxylic acids is 2. The van der Waals surface area contributed by atoms with Crippen molar-refractivity contribution >= 4 is 44.8 Å². The summed E-state index contributed by atoms with van der Waals surface area (Å²) in [6, 6.07) is 10.7. The van der Waals surface area contributed by atoms with Gasteiger partial charge in [0.05, 0.1) is 4.88 Å². The molecule has 6 heteroatoms. The molecular weight excluding hydrogens is 364 g/mol. The number of carbonyl (C=O) groups is 2. The van der Waals surface area contributed by atoms with E-state index < -0.39 is 6.04 Å². The molecule has 1 atom stereocenters. The van der Waals surface area contributed by atoms with Gasteiger partial charge in [-0.25, -0.2) is 0 Å². The van der Waals surface area contributed by atoms with Crippen LogP contribution in [0.15, 0.2) is 46.3 Å². The van der Waals surface area contributed by atoms with E-state index in [0.29, 0.717) is 17.8 Å². The highest BCUT2D eigenvalue weighted by Crippen LogP contribution is 2.23. The standard InChI is InChI=1S/C16H15BrN2O2S/c17-11-5-7-12(8-6-11)18-15(20)13-3-1-9-19(13)16(21)14-4-2-10-22-14/h2,4-8,10,13H,1,3,9H2,(H,18,20)/t13-/m1/s1. The second-order valence-corrected chi connectivity index (χ2v) is 6.99. The molecule has 2 amide bonds. The van der Waals surface area contributed by atoms with E-state index in [0.717, 1.165) is 16.6 Å². The minimum Gasteiger partial charge on any atom is -0.326 e. The van der Waals surface area contributed by atoms with Crippen LogP contribution in [0.2, 0.25) is 0 Å². The fourth-order valence-corrected chi connectivity index (χ4v) is 3.53. The summed E-state index contributed by atoms with van der Waals surface area (Å²) in [7, 11) is 0. The highest BCUT2D eigenvalue weighted by atomic mass is 79.9. The number of hydrogen-bond donors (Lipinski definition) is 1. The number of rotatable bonds is 3. The molecule has 0 aliphatic carbocycles. The van der Waals surface area contributed by atoms with E-state index in [2.05, 4.69) is 21.2 Å². The van der Waals surface area contributed by atoms with Gasteiger partial charge in [-0.1, -0.05) is 22.0 Å². The van der Waals surface area contributed by atoms with E-state index in [1.165, 1.54) is 11.3 Å². The summed E-state index contributed by atoms with van der Waals surface area (Å²) >= 11 is 4.77. The van der Waals surface area contributed by atoms with Crippen molar-refractivity contribution in [2.45, 2.75) is 18.9 Å². The van der Waals surface area contributed by atoms with E-state index in [4.69, 9.17) is 0 Å². The molecule has 114 valence electrons. The van der Waals surface area contributed by atoms with Crippen LogP contribution in [0.5, 0.6) is 0 Å². The Bertz CT molecular complexity index is 670. The van der Waals surface area contributed by atoms with Crippen LogP contribution in [0.1, 0.15) is 22.5 Å². The Morgan fingerprint density at radius 1 is 1.23 bits per heavy atom. The summed E-state index contributed by atoms with van der Waals surface area (Å²) in [5, 5.41) is 4.77. The number of likely N-dealkylation sites (tertiary alicyclic amines) is 1. The number of benzene rings is 1. The third-order valence-electron chi connectivity index (χ3n) is 3.66. The van der Waals surface area contributed by atoms with Crippen LogP contribution in [0.3, 0.4) is 0 Å². The smallest absolute Gasteiger partial charge is 0.264 e. The first-order chi connectivity index (χ1) is 10.6. The highest BCUT2D eigenvalue weighted by Gasteiger charge is 2.34. The van der Waals surface area contributed by atoms with Crippen LogP contribution in [-0.4, -0.2) is 29.3 Å². The Labute approximate surface area is 141 Å². The molecule has 1 fully saturated rings. The highest BCUT2D eigenvalue weighted by molar-refractivity contribution is 9.10. The number of hydrogen-bond acceptors (Lipinski definition) is 3. The van der Waals surface area contributed by atoms with Gasteiger partial charge >= 0.3 is 0 Å². The van der Waals surface area contributed by atoms with Gasteiger partial charge in [-0.15, -0.1) is 11.3 Å². The van der Waals surface area contributed by atoms with E-state index >= 15 is 0 Å². The lowest BCUT2D eigenvalue weighted by Gasteiger charge is -2.23. The van der Waals surface area contributed by atoms with Crippen molar-refractivity contribution in [3.63, 3.8) is 0 Å². The predicted octanol–water partition coefficient (Wildman–Crippen LogP) is 3.75. The Kier molecular flexibility index (Phi) is 4.59. The Hall–Kier alpha value is -1.66. The lowest BCUT2D eigenvalue weighted by molar-refractivity contribution is -0.119. The lowest BCUT2D eigenvalue weighted by atomic mass is 10.2. The molecule has 2 heterocycles. The van der Waals surface area contributed by atoms with Crippen molar-refractivity contribution in [1.29, 1.82) is 0 Å². The molecule has 3 rings (SSSR count). The second kappa shape index (κ2) is 6.62. The zero-order valence-electron chi connectivity index (χ0n) is 11.8. The topological polar surface area (TPSA) is 49.4 Å².